The average Bonchev–Trinajstić information content (AvgIpc) is 3.23. The molecule has 2 atom stereocenters. The van der Waals surface area contributed by atoms with Crippen molar-refractivity contribution in [1.29, 1.82) is 0 Å². The Morgan fingerprint density at radius 2 is 1.97 bits per heavy atom. The maximum atomic E-state index is 12.6. The molecule has 154 valence electrons. The highest BCUT2D eigenvalue weighted by Crippen LogP contribution is 2.20. The number of carbonyl (C=O) groups excluding carboxylic acids is 2. The summed E-state index contributed by atoms with van der Waals surface area (Å²) in [6.07, 6.45) is 1.32. The highest BCUT2D eigenvalue weighted by atomic mass is 16.5. The third-order valence-electron chi connectivity index (χ3n) is 5.10. The van der Waals surface area contributed by atoms with Crippen LogP contribution in [0.5, 0.6) is 5.75 Å². The minimum absolute atomic E-state index is 0.0621. The molecule has 2 amide bonds. The van der Waals surface area contributed by atoms with Gasteiger partial charge < -0.3 is 20.1 Å². The van der Waals surface area contributed by atoms with Gasteiger partial charge in [0.1, 0.15) is 5.75 Å². The monoisotopic (exact) mass is 396 g/mol. The summed E-state index contributed by atoms with van der Waals surface area (Å²) in [6.45, 7) is 6.91. The Labute approximate surface area is 171 Å². The van der Waals surface area contributed by atoms with Crippen molar-refractivity contribution in [2.45, 2.75) is 45.8 Å². The van der Waals surface area contributed by atoms with Crippen LogP contribution in [0.1, 0.15) is 41.3 Å². The topological polar surface area (TPSA) is 76.7 Å². The molecule has 1 heterocycles. The molecule has 3 rings (SSSR count). The molecule has 29 heavy (non-hydrogen) atoms. The van der Waals surface area contributed by atoms with Crippen LogP contribution in [0.25, 0.3) is 0 Å². The second kappa shape index (κ2) is 9.56. The molecule has 2 aromatic carbocycles. The number of carbonyl (C=O) groups is 2. The zero-order valence-electron chi connectivity index (χ0n) is 17.2. The van der Waals surface area contributed by atoms with Crippen molar-refractivity contribution >= 4 is 17.5 Å². The zero-order chi connectivity index (χ0) is 20.8. The van der Waals surface area contributed by atoms with Gasteiger partial charge in [-0.25, -0.2) is 0 Å². The van der Waals surface area contributed by atoms with E-state index in [2.05, 4.69) is 10.6 Å². The molecule has 1 aliphatic rings. The fraction of sp³-hybridized carbons (Fsp3) is 0.391. The first kappa shape index (κ1) is 20.9. The second-order valence-electron chi connectivity index (χ2n) is 7.39. The van der Waals surface area contributed by atoms with Gasteiger partial charge in [-0.1, -0.05) is 18.2 Å². The van der Waals surface area contributed by atoms with Crippen LogP contribution in [-0.2, 0) is 9.53 Å². The first-order valence-corrected chi connectivity index (χ1v) is 9.97. The van der Waals surface area contributed by atoms with Gasteiger partial charge in [-0.3, -0.25) is 9.59 Å². The van der Waals surface area contributed by atoms with E-state index in [1.165, 1.54) is 0 Å². The number of hydrogen-bond donors (Lipinski definition) is 2. The highest BCUT2D eigenvalue weighted by Gasteiger charge is 2.20. The number of anilines is 1. The van der Waals surface area contributed by atoms with Gasteiger partial charge in [0.05, 0.1) is 17.4 Å². The molecule has 2 N–H and O–H groups in total. The largest absolute Gasteiger partial charge is 0.481 e. The summed E-state index contributed by atoms with van der Waals surface area (Å²) in [7, 11) is 0. The third-order valence-corrected chi connectivity index (χ3v) is 5.10. The van der Waals surface area contributed by atoms with Gasteiger partial charge in [0, 0.05) is 13.2 Å². The molecule has 6 heteroatoms. The van der Waals surface area contributed by atoms with E-state index in [4.69, 9.17) is 9.47 Å². The summed E-state index contributed by atoms with van der Waals surface area (Å²) in [4.78, 5) is 25.2. The van der Waals surface area contributed by atoms with Crippen molar-refractivity contribution in [1.82, 2.24) is 5.32 Å². The number of aryl methyl sites for hydroxylation is 2. The number of amides is 2. The molecule has 2 aromatic rings. The number of hydrogen-bond acceptors (Lipinski definition) is 4. The summed E-state index contributed by atoms with van der Waals surface area (Å²) < 4.78 is 11.3. The predicted octanol–water partition coefficient (Wildman–Crippen LogP) is 3.62. The molecule has 0 spiro atoms. The fourth-order valence-electron chi connectivity index (χ4n) is 3.18. The normalized spacial score (nSPS) is 16.9. The number of rotatable bonds is 7. The Morgan fingerprint density at radius 3 is 2.69 bits per heavy atom. The third kappa shape index (κ3) is 5.57. The fourth-order valence-corrected chi connectivity index (χ4v) is 3.18. The molecule has 1 aliphatic heterocycles. The Balaban J connectivity index is 1.61. The molecule has 0 aromatic heterocycles. The van der Waals surface area contributed by atoms with Crippen LogP contribution in [0, 0.1) is 13.8 Å². The van der Waals surface area contributed by atoms with Crippen molar-refractivity contribution < 1.29 is 19.1 Å². The maximum absolute atomic E-state index is 12.6. The number of nitrogens with one attached hydrogen (secondary N) is 2. The van der Waals surface area contributed by atoms with Crippen molar-refractivity contribution in [3.8, 4) is 5.75 Å². The Hall–Kier alpha value is -2.86. The summed E-state index contributed by atoms with van der Waals surface area (Å²) in [5.74, 6) is 0.0834. The molecular formula is C23H28N2O4. The average molecular weight is 396 g/mol. The minimum Gasteiger partial charge on any atom is -0.481 e. The van der Waals surface area contributed by atoms with Gasteiger partial charge in [-0.15, -0.1) is 0 Å². The lowest BCUT2D eigenvalue weighted by molar-refractivity contribution is -0.122. The predicted molar refractivity (Wildman–Crippen MR) is 112 cm³/mol. The first-order valence-electron chi connectivity index (χ1n) is 9.97. The Morgan fingerprint density at radius 1 is 1.17 bits per heavy atom. The molecule has 0 unspecified atom stereocenters. The van der Waals surface area contributed by atoms with Crippen LogP contribution in [0.4, 0.5) is 5.69 Å². The van der Waals surface area contributed by atoms with E-state index in [-0.39, 0.29) is 17.9 Å². The zero-order valence-corrected chi connectivity index (χ0v) is 17.2. The van der Waals surface area contributed by atoms with Crippen molar-refractivity contribution in [3.05, 3.63) is 59.2 Å². The molecule has 0 bridgehead atoms. The molecule has 6 nitrogen and oxygen atoms in total. The summed E-state index contributed by atoms with van der Waals surface area (Å²) in [5, 5.41) is 5.70. The summed E-state index contributed by atoms with van der Waals surface area (Å²) in [6, 6.07) is 12.7. The van der Waals surface area contributed by atoms with Crippen molar-refractivity contribution in [2.75, 3.05) is 18.5 Å². The van der Waals surface area contributed by atoms with Crippen LogP contribution in [0.2, 0.25) is 0 Å². The Kier molecular flexibility index (Phi) is 6.88. The lowest BCUT2D eigenvalue weighted by Gasteiger charge is -2.17. The quantitative estimate of drug-likeness (QED) is 0.749. The molecule has 1 fully saturated rings. The van der Waals surface area contributed by atoms with Gasteiger partial charge >= 0.3 is 0 Å². The summed E-state index contributed by atoms with van der Waals surface area (Å²) in [5.41, 5.74) is 3.14. The van der Waals surface area contributed by atoms with E-state index in [1.54, 1.807) is 31.2 Å². The van der Waals surface area contributed by atoms with Gasteiger partial charge in [-0.2, -0.15) is 0 Å². The van der Waals surface area contributed by atoms with Crippen LogP contribution < -0.4 is 15.4 Å². The Bertz CT molecular complexity index is 875. The van der Waals surface area contributed by atoms with Gasteiger partial charge in [0.15, 0.2) is 6.10 Å². The van der Waals surface area contributed by atoms with E-state index in [0.29, 0.717) is 23.5 Å². The molecular weight excluding hydrogens is 368 g/mol. The van der Waals surface area contributed by atoms with E-state index >= 15 is 0 Å². The second-order valence-corrected chi connectivity index (χ2v) is 7.39. The molecule has 0 radical (unpaired) electrons. The number of benzene rings is 2. The van der Waals surface area contributed by atoms with Crippen LogP contribution in [-0.4, -0.2) is 37.2 Å². The lowest BCUT2D eigenvalue weighted by Crippen LogP contribution is -2.34. The maximum Gasteiger partial charge on any atom is 0.265 e. The first-order chi connectivity index (χ1) is 13.9. The number of para-hydroxylation sites is 1. The highest BCUT2D eigenvalue weighted by molar-refractivity contribution is 6.04. The van der Waals surface area contributed by atoms with Crippen LogP contribution >= 0.6 is 0 Å². The van der Waals surface area contributed by atoms with Crippen LogP contribution in [0.3, 0.4) is 0 Å². The number of ether oxygens (including phenoxy) is 2. The van der Waals surface area contributed by atoms with Crippen molar-refractivity contribution in [3.63, 3.8) is 0 Å². The SMILES string of the molecule is Cc1ccc(O[C@H](C)C(=O)Nc2ccccc2C(=O)NC[C@H]2CCCO2)cc1C. The molecule has 0 aliphatic carbocycles. The molecule has 0 saturated carbocycles. The molecule has 1 saturated heterocycles. The van der Waals surface area contributed by atoms with E-state index in [1.807, 2.05) is 32.0 Å². The van der Waals surface area contributed by atoms with E-state index in [0.717, 1.165) is 30.6 Å². The minimum atomic E-state index is -0.708. The van der Waals surface area contributed by atoms with Gasteiger partial charge in [-0.05, 0) is 69.0 Å². The van der Waals surface area contributed by atoms with E-state index < -0.39 is 6.10 Å². The standard InChI is InChI=1S/C23H28N2O4/c1-15-10-11-18(13-16(15)2)29-17(3)22(26)25-21-9-5-4-8-20(21)23(27)24-14-19-7-6-12-28-19/h4-5,8-11,13,17,19H,6-7,12,14H2,1-3H3,(H,24,27)(H,25,26)/t17-,19-/m1/s1. The van der Waals surface area contributed by atoms with Crippen LogP contribution in [0.15, 0.2) is 42.5 Å². The smallest absolute Gasteiger partial charge is 0.265 e. The summed E-state index contributed by atoms with van der Waals surface area (Å²) >= 11 is 0. The lowest BCUT2D eigenvalue weighted by atomic mass is 10.1. The van der Waals surface area contributed by atoms with Crippen molar-refractivity contribution in [2.24, 2.45) is 0 Å². The van der Waals surface area contributed by atoms with Gasteiger partial charge in [0.25, 0.3) is 11.8 Å². The van der Waals surface area contributed by atoms with E-state index in [9.17, 15) is 9.59 Å². The van der Waals surface area contributed by atoms with Gasteiger partial charge in [0.2, 0.25) is 0 Å².